The van der Waals surface area contributed by atoms with Crippen molar-refractivity contribution in [3.8, 4) is 6.07 Å². The highest BCUT2D eigenvalue weighted by Crippen LogP contribution is 2.21. The molecule has 0 unspecified atom stereocenters. The van der Waals surface area contributed by atoms with Crippen molar-refractivity contribution in [2.24, 2.45) is 0 Å². The third-order valence-electron chi connectivity index (χ3n) is 2.30. The van der Waals surface area contributed by atoms with E-state index in [1.807, 2.05) is 6.07 Å². The monoisotopic (exact) mass is 214 g/mol. The lowest BCUT2D eigenvalue weighted by atomic mass is 10.1. The molecule has 0 spiro atoms. The Labute approximate surface area is 90.1 Å². The molecule has 0 atom stereocenters. The van der Waals surface area contributed by atoms with Gasteiger partial charge in [-0.15, -0.1) is 0 Å². The lowest BCUT2D eigenvalue weighted by molar-refractivity contribution is 0.112. The fraction of sp³-hybridized carbons (Fsp3) is 0. The van der Waals surface area contributed by atoms with Crippen LogP contribution in [0.4, 0.5) is 4.79 Å². The molecule has 78 valence electrons. The largest absolute Gasteiger partial charge is 0.464 e. The zero-order valence-corrected chi connectivity index (χ0v) is 8.04. The Morgan fingerprint density at radius 1 is 1.50 bits per heavy atom. The number of carboxylic acid groups (broad SMARTS) is 1. The summed E-state index contributed by atoms with van der Waals surface area (Å²) in [6, 6.07) is 6.47. The molecule has 0 saturated heterocycles. The number of carbonyl (C=O) groups excluding carboxylic acids is 1. The van der Waals surface area contributed by atoms with Crippen LogP contribution in [0.15, 0.2) is 24.4 Å². The summed E-state index contributed by atoms with van der Waals surface area (Å²) in [5.74, 6) is 0. The summed E-state index contributed by atoms with van der Waals surface area (Å²) < 4.78 is 0.930. The van der Waals surface area contributed by atoms with E-state index in [1.165, 1.54) is 12.3 Å². The highest BCUT2D eigenvalue weighted by molar-refractivity contribution is 6.01. The average molecular weight is 214 g/mol. The van der Waals surface area contributed by atoms with Crippen molar-refractivity contribution in [1.82, 2.24) is 4.57 Å². The van der Waals surface area contributed by atoms with Crippen molar-refractivity contribution in [3.05, 3.63) is 35.5 Å². The van der Waals surface area contributed by atoms with Crippen LogP contribution in [0.5, 0.6) is 0 Å². The standard InChI is InChI=1S/C11H6N2O3/c12-4-7-1-2-9-8(6-14)5-13(11(15)16)10(9)3-7/h1-3,5-6H,(H,15,16). The highest BCUT2D eigenvalue weighted by Gasteiger charge is 2.12. The van der Waals surface area contributed by atoms with Gasteiger partial charge in [-0.2, -0.15) is 5.26 Å². The summed E-state index contributed by atoms with van der Waals surface area (Å²) in [5, 5.41) is 18.2. The summed E-state index contributed by atoms with van der Waals surface area (Å²) >= 11 is 0. The minimum Gasteiger partial charge on any atom is -0.464 e. The number of carbonyl (C=O) groups is 2. The van der Waals surface area contributed by atoms with Crippen molar-refractivity contribution in [1.29, 1.82) is 5.26 Å². The Kier molecular flexibility index (Phi) is 2.18. The van der Waals surface area contributed by atoms with Gasteiger partial charge in [0.15, 0.2) is 6.29 Å². The van der Waals surface area contributed by atoms with Crippen molar-refractivity contribution in [3.63, 3.8) is 0 Å². The molecular formula is C11H6N2O3. The Morgan fingerprint density at radius 3 is 2.81 bits per heavy atom. The molecule has 5 heteroatoms. The van der Waals surface area contributed by atoms with Gasteiger partial charge < -0.3 is 5.11 Å². The summed E-state index contributed by atoms with van der Waals surface area (Å²) in [6.07, 6.45) is 0.641. The molecule has 1 heterocycles. The van der Waals surface area contributed by atoms with Crippen LogP contribution in [-0.4, -0.2) is 22.1 Å². The SMILES string of the molecule is N#Cc1ccc2c(C=O)cn(C(=O)O)c2c1. The maximum atomic E-state index is 10.9. The van der Waals surface area contributed by atoms with Crippen LogP contribution < -0.4 is 0 Å². The van der Waals surface area contributed by atoms with E-state index < -0.39 is 6.09 Å². The van der Waals surface area contributed by atoms with Gasteiger partial charge in [0, 0.05) is 17.1 Å². The minimum absolute atomic E-state index is 0.293. The number of nitriles is 1. The average Bonchev–Trinajstić information content (AvgIpc) is 2.66. The number of hydrogen-bond donors (Lipinski definition) is 1. The van der Waals surface area contributed by atoms with E-state index in [2.05, 4.69) is 0 Å². The number of benzene rings is 1. The number of aldehydes is 1. The normalized spacial score (nSPS) is 9.94. The fourth-order valence-electron chi connectivity index (χ4n) is 1.57. The zero-order chi connectivity index (χ0) is 11.7. The first kappa shape index (κ1) is 9.93. The predicted molar refractivity (Wildman–Crippen MR) is 55.5 cm³/mol. The van der Waals surface area contributed by atoms with Crippen molar-refractivity contribution >= 4 is 23.3 Å². The number of rotatable bonds is 1. The van der Waals surface area contributed by atoms with E-state index >= 15 is 0 Å². The molecule has 16 heavy (non-hydrogen) atoms. The Bertz CT molecular complexity index is 634. The fourth-order valence-corrected chi connectivity index (χ4v) is 1.57. The predicted octanol–water partition coefficient (Wildman–Crippen LogP) is 1.85. The molecule has 0 saturated carbocycles. The highest BCUT2D eigenvalue weighted by atomic mass is 16.4. The Hall–Kier alpha value is -2.61. The quantitative estimate of drug-likeness (QED) is 0.734. The molecular weight excluding hydrogens is 208 g/mol. The van der Waals surface area contributed by atoms with Gasteiger partial charge >= 0.3 is 6.09 Å². The van der Waals surface area contributed by atoms with E-state index in [0.717, 1.165) is 4.57 Å². The summed E-state index contributed by atoms with van der Waals surface area (Å²) in [5.41, 5.74) is 0.987. The lowest BCUT2D eigenvalue weighted by Crippen LogP contribution is -2.05. The van der Waals surface area contributed by atoms with Crippen molar-refractivity contribution < 1.29 is 14.7 Å². The molecule has 0 amide bonds. The second-order valence-corrected chi connectivity index (χ2v) is 3.20. The van der Waals surface area contributed by atoms with E-state index in [-0.39, 0.29) is 0 Å². The van der Waals surface area contributed by atoms with Crippen LogP contribution in [0, 0.1) is 11.3 Å². The second kappa shape index (κ2) is 3.51. The minimum atomic E-state index is -1.19. The van der Waals surface area contributed by atoms with Crippen molar-refractivity contribution in [2.75, 3.05) is 0 Å². The van der Waals surface area contributed by atoms with Gasteiger partial charge in [-0.1, -0.05) is 6.07 Å². The van der Waals surface area contributed by atoms with Gasteiger partial charge in [-0.05, 0) is 12.1 Å². The van der Waals surface area contributed by atoms with Crippen LogP contribution in [0.1, 0.15) is 15.9 Å². The summed E-state index contributed by atoms with van der Waals surface area (Å²) in [4.78, 5) is 21.6. The van der Waals surface area contributed by atoms with Gasteiger partial charge in [0.25, 0.3) is 0 Å². The first-order valence-electron chi connectivity index (χ1n) is 4.41. The first-order chi connectivity index (χ1) is 7.67. The van der Waals surface area contributed by atoms with Gasteiger partial charge in [0.2, 0.25) is 0 Å². The van der Waals surface area contributed by atoms with Crippen molar-refractivity contribution in [2.45, 2.75) is 0 Å². The second-order valence-electron chi connectivity index (χ2n) is 3.20. The molecule has 0 aliphatic carbocycles. The molecule has 0 aliphatic rings. The van der Waals surface area contributed by atoms with Crippen LogP contribution in [0.2, 0.25) is 0 Å². The molecule has 0 radical (unpaired) electrons. The van der Waals surface area contributed by atoms with Crippen LogP contribution in [-0.2, 0) is 0 Å². The van der Waals surface area contributed by atoms with Gasteiger partial charge in [-0.3, -0.25) is 9.36 Å². The Morgan fingerprint density at radius 2 is 2.25 bits per heavy atom. The van der Waals surface area contributed by atoms with Gasteiger partial charge in [0.1, 0.15) is 0 Å². The molecule has 1 aromatic carbocycles. The maximum absolute atomic E-state index is 10.9. The van der Waals surface area contributed by atoms with Crippen LogP contribution >= 0.6 is 0 Å². The molecule has 2 aromatic rings. The molecule has 5 nitrogen and oxygen atoms in total. The zero-order valence-electron chi connectivity index (χ0n) is 8.04. The number of hydrogen-bond acceptors (Lipinski definition) is 3. The third-order valence-corrected chi connectivity index (χ3v) is 2.30. The lowest BCUT2D eigenvalue weighted by Gasteiger charge is -1.97. The molecule has 0 bridgehead atoms. The maximum Gasteiger partial charge on any atom is 0.416 e. The van der Waals surface area contributed by atoms with Crippen LogP contribution in [0.25, 0.3) is 10.9 Å². The van der Waals surface area contributed by atoms with Gasteiger partial charge in [0.05, 0.1) is 17.1 Å². The topological polar surface area (TPSA) is 83.1 Å². The van der Waals surface area contributed by atoms with Gasteiger partial charge in [-0.25, -0.2) is 4.79 Å². The van der Waals surface area contributed by atoms with Crippen LogP contribution in [0.3, 0.4) is 0 Å². The smallest absolute Gasteiger partial charge is 0.416 e. The molecule has 0 aliphatic heterocycles. The Balaban J connectivity index is 2.86. The molecule has 2 rings (SSSR count). The van der Waals surface area contributed by atoms with E-state index in [9.17, 15) is 9.59 Å². The molecule has 0 fully saturated rings. The summed E-state index contributed by atoms with van der Waals surface area (Å²) in [7, 11) is 0. The summed E-state index contributed by atoms with van der Waals surface area (Å²) in [6.45, 7) is 0. The molecule has 1 aromatic heterocycles. The molecule has 1 N–H and O–H groups in total. The van der Waals surface area contributed by atoms with E-state index in [1.54, 1.807) is 12.1 Å². The van der Waals surface area contributed by atoms with E-state index in [0.29, 0.717) is 28.3 Å². The van der Waals surface area contributed by atoms with E-state index in [4.69, 9.17) is 10.4 Å². The number of aromatic nitrogens is 1. The number of fused-ring (bicyclic) bond motifs is 1. The first-order valence-corrected chi connectivity index (χ1v) is 4.41. The number of nitrogens with zero attached hydrogens (tertiary/aromatic N) is 2. The third kappa shape index (κ3) is 1.33.